The van der Waals surface area contributed by atoms with Crippen molar-refractivity contribution in [3.05, 3.63) is 75.9 Å². The third kappa shape index (κ3) is 3.43. The minimum Gasteiger partial charge on any atom is -0.261 e. The Balaban J connectivity index is 2.02. The van der Waals surface area contributed by atoms with Gasteiger partial charge in [0.15, 0.2) is 0 Å². The number of aromatic nitrogens is 1. The van der Waals surface area contributed by atoms with Crippen molar-refractivity contribution in [2.24, 2.45) is 10.1 Å². The molecule has 0 N–H and O–H groups in total. The standard InChI is InChI=1S/C17H13F2N3S/c1-20-17-22(21-10-12-2-6-14(18)7-3-12)16(11-23-17)13-4-8-15(19)9-5-13/h2-11H,1H3/b20-17?,21-10-. The lowest BCUT2D eigenvalue weighted by Crippen LogP contribution is -2.11. The summed E-state index contributed by atoms with van der Waals surface area (Å²) in [5, 5.41) is 6.34. The molecule has 0 fully saturated rings. The van der Waals surface area contributed by atoms with Gasteiger partial charge in [-0.05, 0) is 42.0 Å². The van der Waals surface area contributed by atoms with Crippen LogP contribution in [-0.4, -0.2) is 17.9 Å². The first-order valence-corrected chi connectivity index (χ1v) is 7.74. The van der Waals surface area contributed by atoms with E-state index in [1.165, 1.54) is 35.6 Å². The number of thiazole rings is 1. The highest BCUT2D eigenvalue weighted by molar-refractivity contribution is 7.07. The van der Waals surface area contributed by atoms with Gasteiger partial charge in [-0.1, -0.05) is 12.1 Å². The van der Waals surface area contributed by atoms with Crippen molar-refractivity contribution >= 4 is 17.6 Å². The maximum absolute atomic E-state index is 13.1. The Hall–Kier alpha value is -2.60. The summed E-state index contributed by atoms with van der Waals surface area (Å²) in [6, 6.07) is 12.3. The first-order chi connectivity index (χ1) is 11.2. The molecule has 0 bridgehead atoms. The lowest BCUT2D eigenvalue weighted by molar-refractivity contribution is 0.627. The first-order valence-electron chi connectivity index (χ1n) is 6.86. The van der Waals surface area contributed by atoms with Crippen molar-refractivity contribution in [2.45, 2.75) is 0 Å². The van der Waals surface area contributed by atoms with Crippen LogP contribution in [-0.2, 0) is 0 Å². The van der Waals surface area contributed by atoms with Gasteiger partial charge in [0.2, 0.25) is 4.80 Å². The van der Waals surface area contributed by atoms with E-state index >= 15 is 0 Å². The second-order valence-corrected chi connectivity index (χ2v) is 5.58. The summed E-state index contributed by atoms with van der Waals surface area (Å²) < 4.78 is 27.7. The fraction of sp³-hybridized carbons (Fsp3) is 0.0588. The van der Waals surface area contributed by atoms with Gasteiger partial charge in [-0.25, -0.2) is 13.5 Å². The van der Waals surface area contributed by atoms with E-state index in [0.717, 1.165) is 16.8 Å². The molecule has 116 valence electrons. The van der Waals surface area contributed by atoms with E-state index in [1.54, 1.807) is 42.2 Å². The summed E-state index contributed by atoms with van der Waals surface area (Å²) in [6.45, 7) is 0. The minimum atomic E-state index is -0.290. The Labute approximate surface area is 135 Å². The fourth-order valence-electron chi connectivity index (χ4n) is 2.05. The van der Waals surface area contributed by atoms with Crippen LogP contribution in [0.5, 0.6) is 0 Å². The fourth-order valence-corrected chi connectivity index (χ4v) is 2.86. The van der Waals surface area contributed by atoms with Crippen molar-refractivity contribution in [1.82, 2.24) is 4.68 Å². The van der Waals surface area contributed by atoms with Crippen LogP contribution < -0.4 is 4.80 Å². The van der Waals surface area contributed by atoms with Gasteiger partial charge in [0.1, 0.15) is 11.6 Å². The Bertz CT molecular complexity index is 891. The predicted octanol–water partition coefficient (Wildman–Crippen LogP) is 3.91. The predicted molar refractivity (Wildman–Crippen MR) is 88.6 cm³/mol. The third-order valence-electron chi connectivity index (χ3n) is 3.21. The van der Waals surface area contributed by atoms with E-state index in [2.05, 4.69) is 10.1 Å². The molecule has 0 saturated carbocycles. The summed E-state index contributed by atoms with van der Waals surface area (Å²) in [6.07, 6.45) is 1.63. The molecule has 6 heteroatoms. The first kappa shape index (κ1) is 15.3. The monoisotopic (exact) mass is 329 g/mol. The number of nitrogens with zero attached hydrogens (tertiary/aromatic N) is 3. The number of halogens is 2. The zero-order valence-corrected chi connectivity index (χ0v) is 13.1. The molecule has 3 aromatic rings. The molecule has 0 aliphatic heterocycles. The molecule has 1 heterocycles. The van der Waals surface area contributed by atoms with Gasteiger partial charge in [0.25, 0.3) is 0 Å². The van der Waals surface area contributed by atoms with Crippen LogP contribution in [0.25, 0.3) is 11.3 Å². The summed E-state index contributed by atoms with van der Waals surface area (Å²) in [5.74, 6) is -0.577. The molecule has 0 unspecified atom stereocenters. The van der Waals surface area contributed by atoms with Crippen LogP contribution in [0.3, 0.4) is 0 Å². The smallest absolute Gasteiger partial charge is 0.205 e. The Morgan fingerprint density at radius 1 is 0.957 bits per heavy atom. The number of hydrogen-bond donors (Lipinski definition) is 0. The van der Waals surface area contributed by atoms with Crippen LogP contribution in [0, 0.1) is 11.6 Å². The van der Waals surface area contributed by atoms with Gasteiger partial charge in [-0.3, -0.25) is 4.99 Å². The number of benzene rings is 2. The van der Waals surface area contributed by atoms with Crippen molar-refractivity contribution in [1.29, 1.82) is 0 Å². The molecule has 0 amide bonds. The number of hydrogen-bond acceptors (Lipinski definition) is 3. The molecule has 0 atom stereocenters. The van der Waals surface area contributed by atoms with E-state index < -0.39 is 0 Å². The maximum Gasteiger partial charge on any atom is 0.205 e. The van der Waals surface area contributed by atoms with Gasteiger partial charge in [-0.15, -0.1) is 11.3 Å². The molecule has 0 spiro atoms. The molecule has 1 aromatic heterocycles. The maximum atomic E-state index is 13.1. The zero-order chi connectivity index (χ0) is 16.2. The summed E-state index contributed by atoms with van der Waals surface area (Å²) in [5.41, 5.74) is 2.43. The normalized spacial score (nSPS) is 12.2. The highest BCUT2D eigenvalue weighted by Gasteiger charge is 2.07. The molecule has 3 nitrogen and oxygen atoms in total. The molecule has 0 aliphatic carbocycles. The van der Waals surface area contributed by atoms with E-state index in [9.17, 15) is 8.78 Å². The van der Waals surface area contributed by atoms with Crippen LogP contribution >= 0.6 is 11.3 Å². The van der Waals surface area contributed by atoms with Gasteiger partial charge in [0, 0.05) is 18.0 Å². The SMILES string of the molecule is CN=c1scc(-c2ccc(F)cc2)n1/N=C\c1ccc(F)cc1. The third-order valence-corrected chi connectivity index (χ3v) is 4.12. The van der Waals surface area contributed by atoms with E-state index in [4.69, 9.17) is 0 Å². The van der Waals surface area contributed by atoms with Crippen LogP contribution in [0.15, 0.2) is 64.0 Å². The van der Waals surface area contributed by atoms with Crippen molar-refractivity contribution in [3.63, 3.8) is 0 Å². The van der Waals surface area contributed by atoms with Crippen LogP contribution in [0.2, 0.25) is 0 Å². The molecular formula is C17H13F2N3S. The molecule has 3 rings (SSSR count). The average Bonchev–Trinajstić information content (AvgIpc) is 2.98. The van der Waals surface area contributed by atoms with Crippen LogP contribution in [0.4, 0.5) is 8.78 Å². The Morgan fingerprint density at radius 2 is 1.57 bits per heavy atom. The van der Waals surface area contributed by atoms with Crippen LogP contribution in [0.1, 0.15) is 5.56 Å². The molecule has 23 heavy (non-hydrogen) atoms. The lowest BCUT2D eigenvalue weighted by atomic mass is 10.2. The highest BCUT2D eigenvalue weighted by Crippen LogP contribution is 2.20. The highest BCUT2D eigenvalue weighted by atomic mass is 32.1. The van der Waals surface area contributed by atoms with Gasteiger partial charge >= 0.3 is 0 Å². The Morgan fingerprint density at radius 3 is 2.17 bits per heavy atom. The largest absolute Gasteiger partial charge is 0.261 e. The van der Waals surface area contributed by atoms with Gasteiger partial charge < -0.3 is 0 Å². The topological polar surface area (TPSA) is 29.6 Å². The van der Waals surface area contributed by atoms with Crippen molar-refractivity contribution in [3.8, 4) is 11.3 Å². The van der Waals surface area contributed by atoms with Crippen molar-refractivity contribution < 1.29 is 8.78 Å². The lowest BCUT2D eigenvalue weighted by Gasteiger charge is -2.03. The van der Waals surface area contributed by atoms with Gasteiger partial charge in [-0.2, -0.15) is 5.10 Å². The Kier molecular flexibility index (Phi) is 4.43. The molecule has 0 radical (unpaired) electrons. The second kappa shape index (κ2) is 6.66. The molecule has 0 saturated heterocycles. The number of rotatable bonds is 3. The van der Waals surface area contributed by atoms with E-state index in [1.807, 2.05) is 5.38 Å². The summed E-state index contributed by atoms with van der Waals surface area (Å²) in [7, 11) is 1.68. The quantitative estimate of drug-likeness (QED) is 0.652. The summed E-state index contributed by atoms with van der Waals surface area (Å²) >= 11 is 1.44. The average molecular weight is 329 g/mol. The summed E-state index contributed by atoms with van der Waals surface area (Å²) in [4.78, 5) is 4.91. The van der Waals surface area contributed by atoms with E-state index in [0.29, 0.717) is 4.80 Å². The molecule has 0 aliphatic rings. The van der Waals surface area contributed by atoms with Gasteiger partial charge in [0.05, 0.1) is 11.9 Å². The zero-order valence-electron chi connectivity index (χ0n) is 12.3. The molecular weight excluding hydrogens is 316 g/mol. The van der Waals surface area contributed by atoms with Crippen molar-refractivity contribution in [2.75, 3.05) is 7.05 Å². The van der Waals surface area contributed by atoms with E-state index in [-0.39, 0.29) is 11.6 Å². The molecule has 2 aromatic carbocycles. The second-order valence-electron chi connectivity index (χ2n) is 4.74. The minimum absolute atomic E-state index is 0.286.